The van der Waals surface area contributed by atoms with Gasteiger partial charge in [-0.3, -0.25) is 0 Å². The molecule has 0 fully saturated rings. The highest BCUT2D eigenvalue weighted by Gasteiger charge is 2.08. The van der Waals surface area contributed by atoms with E-state index in [0.29, 0.717) is 6.54 Å². The van der Waals surface area contributed by atoms with Gasteiger partial charge in [-0.15, -0.1) is 22.7 Å². The lowest BCUT2D eigenvalue weighted by atomic mass is 10.2. The SMILES string of the molecule is O=C(NCc1cccs1)Nc1cccc(-c2nc3ccccc3s2)c1. The van der Waals surface area contributed by atoms with Gasteiger partial charge in [0.2, 0.25) is 0 Å². The highest BCUT2D eigenvalue weighted by molar-refractivity contribution is 7.21. The van der Waals surface area contributed by atoms with Crippen molar-refractivity contribution >= 4 is 44.6 Å². The first-order chi connectivity index (χ1) is 12.3. The van der Waals surface area contributed by atoms with Crippen LogP contribution in [0.1, 0.15) is 4.88 Å². The average Bonchev–Trinajstić information content (AvgIpc) is 3.29. The molecular formula is C19H15N3OS2. The number of fused-ring (bicyclic) bond motifs is 1. The quantitative estimate of drug-likeness (QED) is 0.512. The predicted octanol–water partition coefficient (Wildman–Crippen LogP) is 5.35. The van der Waals surface area contributed by atoms with Crippen molar-refractivity contribution in [1.82, 2.24) is 10.3 Å². The molecule has 2 aromatic heterocycles. The summed E-state index contributed by atoms with van der Waals surface area (Å²) in [5, 5.41) is 8.69. The molecule has 2 amide bonds. The van der Waals surface area contributed by atoms with E-state index >= 15 is 0 Å². The van der Waals surface area contributed by atoms with Gasteiger partial charge in [0, 0.05) is 16.1 Å². The molecule has 2 heterocycles. The fourth-order valence-electron chi connectivity index (χ4n) is 2.48. The van der Waals surface area contributed by atoms with Crippen molar-refractivity contribution in [2.75, 3.05) is 5.32 Å². The number of rotatable bonds is 4. The largest absolute Gasteiger partial charge is 0.333 e. The number of amides is 2. The van der Waals surface area contributed by atoms with Crippen LogP contribution >= 0.6 is 22.7 Å². The monoisotopic (exact) mass is 365 g/mol. The lowest BCUT2D eigenvalue weighted by molar-refractivity contribution is 0.252. The van der Waals surface area contributed by atoms with E-state index in [-0.39, 0.29) is 6.03 Å². The third-order valence-electron chi connectivity index (χ3n) is 3.66. The van der Waals surface area contributed by atoms with Crippen molar-refractivity contribution in [3.63, 3.8) is 0 Å². The molecule has 0 aliphatic rings. The summed E-state index contributed by atoms with van der Waals surface area (Å²) >= 11 is 3.27. The standard InChI is InChI=1S/C19H15N3OS2/c23-19(20-12-15-7-4-10-24-15)21-14-6-3-5-13(11-14)18-22-16-8-1-2-9-17(16)25-18/h1-11H,12H2,(H2,20,21,23). The number of para-hydroxylation sites is 1. The van der Waals surface area contributed by atoms with E-state index < -0.39 is 0 Å². The lowest BCUT2D eigenvalue weighted by Gasteiger charge is -2.07. The Bertz CT molecular complexity index is 975. The zero-order valence-corrected chi connectivity index (χ0v) is 14.9. The van der Waals surface area contributed by atoms with Crippen molar-refractivity contribution in [1.29, 1.82) is 0 Å². The Hall–Kier alpha value is -2.70. The summed E-state index contributed by atoms with van der Waals surface area (Å²) in [5.74, 6) is 0. The number of carbonyl (C=O) groups is 1. The Labute approximate surface area is 153 Å². The minimum Gasteiger partial charge on any atom is -0.333 e. The molecule has 0 atom stereocenters. The maximum atomic E-state index is 12.1. The second kappa shape index (κ2) is 7.04. The fourth-order valence-corrected chi connectivity index (χ4v) is 4.09. The molecule has 0 radical (unpaired) electrons. The van der Waals surface area contributed by atoms with Gasteiger partial charge in [-0.05, 0) is 35.7 Å². The van der Waals surface area contributed by atoms with Gasteiger partial charge in [-0.2, -0.15) is 0 Å². The molecule has 4 rings (SSSR count). The highest BCUT2D eigenvalue weighted by atomic mass is 32.1. The number of hydrogen-bond acceptors (Lipinski definition) is 4. The summed E-state index contributed by atoms with van der Waals surface area (Å²) in [6.07, 6.45) is 0. The van der Waals surface area contributed by atoms with Crippen LogP contribution in [0.5, 0.6) is 0 Å². The number of aromatic nitrogens is 1. The van der Waals surface area contributed by atoms with Gasteiger partial charge in [-0.1, -0.05) is 30.3 Å². The molecule has 0 aliphatic carbocycles. The molecule has 0 unspecified atom stereocenters. The molecule has 0 saturated heterocycles. The van der Waals surface area contributed by atoms with Gasteiger partial charge >= 0.3 is 6.03 Å². The van der Waals surface area contributed by atoms with Crippen LogP contribution in [0.3, 0.4) is 0 Å². The topological polar surface area (TPSA) is 54.0 Å². The summed E-state index contributed by atoms with van der Waals surface area (Å²) in [6.45, 7) is 0.529. The number of thiophene rings is 1. The molecule has 124 valence electrons. The van der Waals surface area contributed by atoms with Crippen LogP contribution < -0.4 is 10.6 Å². The van der Waals surface area contributed by atoms with Crippen molar-refractivity contribution < 1.29 is 4.79 Å². The average molecular weight is 365 g/mol. The fraction of sp³-hybridized carbons (Fsp3) is 0.0526. The maximum Gasteiger partial charge on any atom is 0.319 e. The minimum atomic E-state index is -0.213. The first-order valence-electron chi connectivity index (χ1n) is 7.81. The zero-order valence-electron chi connectivity index (χ0n) is 13.2. The molecule has 0 spiro atoms. The van der Waals surface area contributed by atoms with E-state index in [1.54, 1.807) is 22.7 Å². The Morgan fingerprint density at radius 1 is 1.04 bits per heavy atom. The normalized spacial score (nSPS) is 10.7. The van der Waals surface area contributed by atoms with Gasteiger partial charge in [0.1, 0.15) is 5.01 Å². The number of carbonyl (C=O) groups excluding carboxylic acids is 1. The number of nitrogens with zero attached hydrogens (tertiary/aromatic N) is 1. The van der Waals surface area contributed by atoms with E-state index in [1.165, 1.54) is 0 Å². The highest BCUT2D eigenvalue weighted by Crippen LogP contribution is 2.31. The van der Waals surface area contributed by atoms with Gasteiger partial charge < -0.3 is 10.6 Å². The Kier molecular flexibility index (Phi) is 4.45. The van der Waals surface area contributed by atoms with Crippen LogP contribution in [0.2, 0.25) is 0 Å². The van der Waals surface area contributed by atoms with Gasteiger partial charge in [-0.25, -0.2) is 9.78 Å². The second-order valence-corrected chi connectivity index (χ2v) is 7.52. The van der Waals surface area contributed by atoms with E-state index in [1.807, 2.05) is 60.0 Å². The zero-order chi connectivity index (χ0) is 17.1. The van der Waals surface area contributed by atoms with E-state index in [0.717, 1.165) is 31.4 Å². The molecule has 0 saturated carbocycles. The summed E-state index contributed by atoms with van der Waals surface area (Å²) in [4.78, 5) is 17.9. The van der Waals surface area contributed by atoms with Crippen molar-refractivity contribution in [3.8, 4) is 10.6 Å². The molecule has 4 aromatic rings. The molecule has 6 heteroatoms. The number of urea groups is 1. The van der Waals surface area contributed by atoms with Crippen LogP contribution in [0.25, 0.3) is 20.8 Å². The number of nitrogens with one attached hydrogen (secondary N) is 2. The Morgan fingerprint density at radius 3 is 2.80 bits per heavy atom. The number of hydrogen-bond donors (Lipinski definition) is 2. The van der Waals surface area contributed by atoms with Gasteiger partial charge in [0.25, 0.3) is 0 Å². The summed E-state index contributed by atoms with van der Waals surface area (Å²) in [6, 6.07) is 19.6. The summed E-state index contributed by atoms with van der Waals surface area (Å²) in [5.41, 5.74) is 2.74. The summed E-state index contributed by atoms with van der Waals surface area (Å²) < 4.78 is 1.16. The molecular weight excluding hydrogens is 350 g/mol. The molecule has 25 heavy (non-hydrogen) atoms. The van der Waals surface area contributed by atoms with Crippen molar-refractivity contribution in [3.05, 3.63) is 70.9 Å². The number of anilines is 1. The third kappa shape index (κ3) is 3.70. The van der Waals surface area contributed by atoms with Gasteiger partial charge in [0.05, 0.1) is 16.8 Å². The molecule has 4 nitrogen and oxygen atoms in total. The Balaban J connectivity index is 1.48. The van der Waals surface area contributed by atoms with E-state index in [2.05, 4.69) is 21.7 Å². The van der Waals surface area contributed by atoms with Crippen LogP contribution in [-0.4, -0.2) is 11.0 Å². The van der Waals surface area contributed by atoms with Crippen LogP contribution in [0, 0.1) is 0 Å². The minimum absolute atomic E-state index is 0.213. The van der Waals surface area contributed by atoms with Crippen LogP contribution in [-0.2, 0) is 6.54 Å². The summed E-state index contributed by atoms with van der Waals surface area (Å²) in [7, 11) is 0. The lowest BCUT2D eigenvalue weighted by Crippen LogP contribution is -2.27. The van der Waals surface area contributed by atoms with E-state index in [9.17, 15) is 4.79 Å². The molecule has 2 N–H and O–H groups in total. The molecule has 2 aromatic carbocycles. The third-order valence-corrected chi connectivity index (χ3v) is 5.63. The smallest absolute Gasteiger partial charge is 0.319 e. The van der Waals surface area contributed by atoms with E-state index in [4.69, 9.17) is 0 Å². The maximum absolute atomic E-state index is 12.1. The second-order valence-electron chi connectivity index (χ2n) is 5.45. The first kappa shape index (κ1) is 15.8. The molecule has 0 aliphatic heterocycles. The van der Waals surface area contributed by atoms with Crippen molar-refractivity contribution in [2.45, 2.75) is 6.54 Å². The number of thiazole rings is 1. The molecule has 0 bridgehead atoms. The van der Waals surface area contributed by atoms with Crippen LogP contribution in [0.4, 0.5) is 10.5 Å². The predicted molar refractivity (Wildman–Crippen MR) is 105 cm³/mol. The van der Waals surface area contributed by atoms with Gasteiger partial charge in [0.15, 0.2) is 0 Å². The first-order valence-corrected chi connectivity index (χ1v) is 9.51. The number of benzene rings is 2. The van der Waals surface area contributed by atoms with Crippen molar-refractivity contribution in [2.24, 2.45) is 0 Å². The Morgan fingerprint density at radius 2 is 1.96 bits per heavy atom. The van der Waals surface area contributed by atoms with Crippen LogP contribution in [0.15, 0.2) is 66.0 Å².